The molecule has 3 nitrogen and oxygen atoms in total. The van der Waals surface area contributed by atoms with Gasteiger partial charge >= 0.3 is 0 Å². The first-order chi connectivity index (χ1) is 8.16. The van der Waals surface area contributed by atoms with E-state index in [9.17, 15) is 4.79 Å². The molecule has 0 saturated carbocycles. The average molecular weight is 255 g/mol. The van der Waals surface area contributed by atoms with Crippen LogP contribution in [0.1, 0.15) is 30.1 Å². The van der Waals surface area contributed by atoms with Crippen LogP contribution in [0, 0.1) is 0 Å². The zero-order valence-corrected chi connectivity index (χ0v) is 10.5. The molecule has 0 spiro atoms. The minimum Gasteiger partial charge on any atom is -0.491 e. The topological polar surface area (TPSA) is 35.5 Å². The van der Waals surface area contributed by atoms with Crippen molar-refractivity contribution in [1.29, 1.82) is 0 Å². The van der Waals surface area contributed by atoms with Crippen molar-refractivity contribution in [3.8, 4) is 5.75 Å². The Bertz CT molecular complexity index is 411. The van der Waals surface area contributed by atoms with E-state index in [-0.39, 0.29) is 11.9 Å². The van der Waals surface area contributed by atoms with E-state index in [0.717, 1.165) is 19.4 Å². The van der Waals surface area contributed by atoms with Crippen molar-refractivity contribution in [2.75, 3.05) is 13.2 Å². The predicted octanol–water partition coefficient (Wildman–Crippen LogP) is 3.10. The van der Waals surface area contributed by atoms with Gasteiger partial charge in [0.25, 0.3) is 0 Å². The van der Waals surface area contributed by atoms with Gasteiger partial charge < -0.3 is 9.47 Å². The van der Waals surface area contributed by atoms with Crippen LogP contribution in [0.5, 0.6) is 5.75 Å². The quantitative estimate of drug-likeness (QED) is 0.775. The van der Waals surface area contributed by atoms with Crippen molar-refractivity contribution < 1.29 is 14.3 Å². The smallest absolute Gasteiger partial charge is 0.161 e. The summed E-state index contributed by atoms with van der Waals surface area (Å²) in [6.45, 7) is 2.85. The maximum atomic E-state index is 11.2. The zero-order chi connectivity index (χ0) is 12.3. The van der Waals surface area contributed by atoms with Crippen LogP contribution < -0.4 is 4.74 Å². The number of rotatable bonds is 4. The lowest BCUT2D eigenvalue weighted by molar-refractivity contribution is 0.0679. The van der Waals surface area contributed by atoms with E-state index < -0.39 is 0 Å². The SMILES string of the molecule is CC(=O)c1ccc(OCC2CCCO2)cc1Cl. The van der Waals surface area contributed by atoms with Crippen LogP contribution >= 0.6 is 11.6 Å². The summed E-state index contributed by atoms with van der Waals surface area (Å²) in [7, 11) is 0. The first-order valence-electron chi connectivity index (χ1n) is 5.71. The van der Waals surface area contributed by atoms with Gasteiger partial charge in [-0.25, -0.2) is 0 Å². The molecule has 1 fully saturated rings. The lowest BCUT2D eigenvalue weighted by Crippen LogP contribution is -2.16. The van der Waals surface area contributed by atoms with Crippen LogP contribution in [0.15, 0.2) is 18.2 Å². The third-order valence-electron chi connectivity index (χ3n) is 2.78. The third-order valence-corrected chi connectivity index (χ3v) is 3.09. The molecule has 1 heterocycles. The standard InChI is InChI=1S/C13H15ClO3/c1-9(15)12-5-4-10(7-13(12)14)17-8-11-3-2-6-16-11/h4-5,7,11H,2-3,6,8H2,1H3. The molecule has 17 heavy (non-hydrogen) atoms. The minimum atomic E-state index is -0.0410. The maximum Gasteiger partial charge on any atom is 0.161 e. The number of ketones is 1. The lowest BCUT2D eigenvalue weighted by atomic mass is 10.1. The van der Waals surface area contributed by atoms with Crippen molar-refractivity contribution in [2.45, 2.75) is 25.9 Å². The summed E-state index contributed by atoms with van der Waals surface area (Å²) in [6.07, 6.45) is 2.32. The molecule has 0 aliphatic carbocycles. The normalized spacial score (nSPS) is 19.3. The Morgan fingerprint density at radius 2 is 2.41 bits per heavy atom. The van der Waals surface area contributed by atoms with Gasteiger partial charge in [0.15, 0.2) is 5.78 Å². The molecule has 1 aromatic carbocycles. The molecule has 0 amide bonds. The fourth-order valence-corrected chi connectivity index (χ4v) is 2.14. The van der Waals surface area contributed by atoms with E-state index in [4.69, 9.17) is 21.1 Å². The molecule has 1 aromatic rings. The molecule has 0 radical (unpaired) electrons. The molecule has 92 valence electrons. The van der Waals surface area contributed by atoms with Gasteiger partial charge in [-0.3, -0.25) is 4.79 Å². The summed E-state index contributed by atoms with van der Waals surface area (Å²) in [5.74, 6) is 0.635. The number of carbonyl (C=O) groups excluding carboxylic acids is 1. The van der Waals surface area contributed by atoms with E-state index in [0.29, 0.717) is 22.9 Å². The molecule has 1 atom stereocenters. The Kier molecular flexibility index (Phi) is 4.02. The molecular formula is C13H15ClO3. The van der Waals surface area contributed by atoms with Crippen LogP contribution in [-0.2, 0) is 4.74 Å². The van der Waals surface area contributed by atoms with Gasteiger partial charge in [-0.15, -0.1) is 0 Å². The second-order valence-electron chi connectivity index (χ2n) is 4.14. The van der Waals surface area contributed by atoms with Crippen LogP contribution in [0.2, 0.25) is 5.02 Å². The number of hydrogen-bond acceptors (Lipinski definition) is 3. The van der Waals surface area contributed by atoms with Gasteiger partial charge in [0, 0.05) is 12.2 Å². The molecule has 1 aliphatic rings. The van der Waals surface area contributed by atoms with Gasteiger partial charge in [0.2, 0.25) is 0 Å². The lowest BCUT2D eigenvalue weighted by Gasteiger charge is -2.12. The van der Waals surface area contributed by atoms with Crippen LogP contribution in [0.25, 0.3) is 0 Å². The molecule has 1 saturated heterocycles. The number of hydrogen-bond donors (Lipinski definition) is 0. The first-order valence-corrected chi connectivity index (χ1v) is 6.09. The Morgan fingerprint density at radius 1 is 1.59 bits per heavy atom. The summed E-state index contributed by atoms with van der Waals surface area (Å²) in [5.41, 5.74) is 0.524. The van der Waals surface area contributed by atoms with Crippen molar-refractivity contribution in [3.05, 3.63) is 28.8 Å². The van der Waals surface area contributed by atoms with Crippen molar-refractivity contribution in [1.82, 2.24) is 0 Å². The molecular weight excluding hydrogens is 240 g/mol. The summed E-state index contributed by atoms with van der Waals surface area (Å²) in [5, 5.41) is 0.433. The second-order valence-corrected chi connectivity index (χ2v) is 4.55. The minimum absolute atomic E-state index is 0.0410. The fourth-order valence-electron chi connectivity index (χ4n) is 1.84. The van der Waals surface area contributed by atoms with E-state index in [2.05, 4.69) is 0 Å². The predicted molar refractivity (Wildman–Crippen MR) is 65.9 cm³/mol. The van der Waals surface area contributed by atoms with Crippen LogP contribution in [0.4, 0.5) is 0 Å². The largest absolute Gasteiger partial charge is 0.491 e. The number of carbonyl (C=O) groups is 1. The van der Waals surface area contributed by atoms with E-state index in [1.807, 2.05) is 0 Å². The molecule has 0 aromatic heterocycles. The van der Waals surface area contributed by atoms with Crippen LogP contribution in [-0.4, -0.2) is 25.1 Å². The summed E-state index contributed by atoms with van der Waals surface area (Å²) in [4.78, 5) is 11.2. The first kappa shape index (κ1) is 12.4. The Balaban J connectivity index is 1.97. The third kappa shape index (κ3) is 3.20. The zero-order valence-electron chi connectivity index (χ0n) is 9.74. The monoisotopic (exact) mass is 254 g/mol. The van der Waals surface area contributed by atoms with E-state index in [1.165, 1.54) is 6.92 Å². The Hall–Kier alpha value is -1.06. The molecule has 0 bridgehead atoms. The van der Waals surface area contributed by atoms with E-state index in [1.54, 1.807) is 18.2 Å². The highest BCUT2D eigenvalue weighted by molar-refractivity contribution is 6.34. The Labute approximate surface area is 106 Å². The fraction of sp³-hybridized carbons (Fsp3) is 0.462. The van der Waals surface area contributed by atoms with Crippen molar-refractivity contribution in [3.63, 3.8) is 0 Å². The van der Waals surface area contributed by atoms with Gasteiger partial charge in [-0.2, -0.15) is 0 Å². The van der Waals surface area contributed by atoms with Gasteiger partial charge in [0.05, 0.1) is 11.1 Å². The van der Waals surface area contributed by atoms with Gasteiger partial charge in [0.1, 0.15) is 12.4 Å². The maximum absolute atomic E-state index is 11.2. The number of halogens is 1. The summed E-state index contributed by atoms with van der Waals surface area (Å²) >= 11 is 5.99. The second kappa shape index (κ2) is 5.52. The van der Waals surface area contributed by atoms with Gasteiger partial charge in [-0.05, 0) is 38.0 Å². The highest BCUT2D eigenvalue weighted by Crippen LogP contribution is 2.23. The summed E-state index contributed by atoms with van der Waals surface area (Å²) in [6, 6.07) is 5.13. The number of benzene rings is 1. The number of Topliss-reactive ketones (excluding diaryl/α,β-unsaturated/α-hetero) is 1. The van der Waals surface area contributed by atoms with Crippen molar-refractivity contribution in [2.24, 2.45) is 0 Å². The Morgan fingerprint density at radius 3 is 3.00 bits per heavy atom. The molecule has 0 N–H and O–H groups in total. The van der Waals surface area contributed by atoms with Gasteiger partial charge in [-0.1, -0.05) is 11.6 Å². The molecule has 1 aliphatic heterocycles. The highest BCUT2D eigenvalue weighted by Gasteiger charge is 2.16. The summed E-state index contributed by atoms with van der Waals surface area (Å²) < 4.78 is 11.0. The molecule has 4 heteroatoms. The van der Waals surface area contributed by atoms with E-state index >= 15 is 0 Å². The van der Waals surface area contributed by atoms with Crippen molar-refractivity contribution >= 4 is 17.4 Å². The highest BCUT2D eigenvalue weighted by atomic mass is 35.5. The molecule has 2 rings (SSSR count). The average Bonchev–Trinajstić information content (AvgIpc) is 2.78. The van der Waals surface area contributed by atoms with Crippen LogP contribution in [0.3, 0.4) is 0 Å². The number of ether oxygens (including phenoxy) is 2. The molecule has 1 unspecified atom stereocenters.